The first-order valence-electron chi connectivity index (χ1n) is 5.89. The first-order chi connectivity index (χ1) is 8.48. The Morgan fingerprint density at radius 2 is 2.11 bits per heavy atom. The van der Waals surface area contributed by atoms with Crippen molar-refractivity contribution in [3.05, 3.63) is 17.8 Å². The maximum absolute atomic E-state index is 11.8. The Balaban J connectivity index is 2.56. The molecule has 2 N–H and O–H groups in total. The van der Waals surface area contributed by atoms with E-state index < -0.39 is 5.60 Å². The zero-order valence-electron chi connectivity index (χ0n) is 11.3. The zero-order chi connectivity index (χ0) is 13.6. The summed E-state index contributed by atoms with van der Waals surface area (Å²) in [5.41, 5.74) is -0.101. The van der Waals surface area contributed by atoms with E-state index >= 15 is 0 Å². The van der Waals surface area contributed by atoms with E-state index in [2.05, 4.69) is 20.8 Å². The number of nitrogens with zero attached hydrogens (tertiary/aromatic N) is 2. The lowest BCUT2D eigenvalue weighted by Gasteiger charge is -2.22. The van der Waals surface area contributed by atoms with Crippen molar-refractivity contribution in [2.24, 2.45) is 0 Å². The van der Waals surface area contributed by atoms with Crippen LogP contribution in [-0.4, -0.2) is 41.9 Å². The second kappa shape index (κ2) is 6.30. The predicted octanol–water partition coefficient (Wildman–Crippen LogP) is 1.06. The molecule has 0 aliphatic carbocycles. The predicted molar refractivity (Wildman–Crippen MR) is 69.6 cm³/mol. The summed E-state index contributed by atoms with van der Waals surface area (Å²) in [4.78, 5) is 11.8. The molecule has 0 aliphatic heterocycles. The second-order valence-electron chi connectivity index (χ2n) is 4.48. The fraction of sp³-hybridized carbons (Fsp3) is 0.583. The van der Waals surface area contributed by atoms with Crippen LogP contribution in [0.4, 0.5) is 5.82 Å². The molecule has 0 aliphatic rings. The topological polar surface area (TPSA) is 76.1 Å². The van der Waals surface area contributed by atoms with Gasteiger partial charge in [-0.1, -0.05) is 0 Å². The molecule has 1 aromatic rings. The lowest BCUT2D eigenvalue weighted by atomic mass is 10.1. The molecule has 6 nitrogen and oxygen atoms in total. The number of ether oxygens (including phenoxy) is 1. The number of methoxy groups -OCH3 is 1. The third-order valence-electron chi connectivity index (χ3n) is 2.48. The Bertz CT molecular complexity index is 390. The zero-order valence-corrected chi connectivity index (χ0v) is 11.3. The van der Waals surface area contributed by atoms with Crippen LogP contribution in [0, 0.1) is 0 Å². The molecule has 0 saturated heterocycles. The molecule has 100 valence electrons. The molecule has 0 unspecified atom stereocenters. The van der Waals surface area contributed by atoms with Gasteiger partial charge in [-0.3, -0.25) is 4.79 Å². The lowest BCUT2D eigenvalue weighted by Crippen LogP contribution is -2.40. The summed E-state index contributed by atoms with van der Waals surface area (Å²) >= 11 is 0. The summed E-state index contributed by atoms with van der Waals surface area (Å²) in [6.07, 6.45) is 0. The summed E-state index contributed by atoms with van der Waals surface area (Å²) < 4.78 is 5.21. The number of aromatic nitrogens is 2. The Hall–Kier alpha value is -1.69. The van der Waals surface area contributed by atoms with E-state index in [1.807, 2.05) is 20.8 Å². The van der Waals surface area contributed by atoms with E-state index in [9.17, 15) is 4.79 Å². The van der Waals surface area contributed by atoms with Crippen LogP contribution in [0.25, 0.3) is 0 Å². The Kier molecular flexibility index (Phi) is 5.03. The van der Waals surface area contributed by atoms with Crippen molar-refractivity contribution in [3.8, 4) is 0 Å². The number of hydrogen-bond acceptors (Lipinski definition) is 5. The van der Waals surface area contributed by atoms with Crippen molar-refractivity contribution in [2.75, 3.05) is 25.5 Å². The van der Waals surface area contributed by atoms with Crippen LogP contribution in [0.15, 0.2) is 12.1 Å². The molecule has 1 amide bonds. The summed E-state index contributed by atoms with van der Waals surface area (Å²) in [6, 6.07) is 3.37. The number of amides is 1. The van der Waals surface area contributed by atoms with E-state index in [-0.39, 0.29) is 5.91 Å². The molecule has 0 radical (unpaired) electrons. The average molecular weight is 252 g/mol. The van der Waals surface area contributed by atoms with Crippen LogP contribution in [0.2, 0.25) is 0 Å². The van der Waals surface area contributed by atoms with Gasteiger partial charge in [0.1, 0.15) is 5.82 Å². The van der Waals surface area contributed by atoms with Crippen molar-refractivity contribution in [2.45, 2.75) is 26.4 Å². The van der Waals surface area contributed by atoms with Gasteiger partial charge in [0.05, 0.1) is 5.60 Å². The van der Waals surface area contributed by atoms with Gasteiger partial charge in [0.15, 0.2) is 5.69 Å². The molecule has 1 aromatic heterocycles. The van der Waals surface area contributed by atoms with Crippen molar-refractivity contribution >= 4 is 11.7 Å². The minimum absolute atomic E-state index is 0.254. The Labute approximate surface area is 107 Å². The molecule has 0 spiro atoms. The Morgan fingerprint density at radius 1 is 1.39 bits per heavy atom. The van der Waals surface area contributed by atoms with Gasteiger partial charge in [-0.2, -0.15) is 0 Å². The minimum atomic E-state index is -0.396. The molecule has 0 bridgehead atoms. The molecular formula is C12H20N4O2. The maximum Gasteiger partial charge on any atom is 0.271 e. The fourth-order valence-electron chi connectivity index (χ4n) is 1.18. The number of anilines is 1. The van der Waals surface area contributed by atoms with Gasteiger partial charge in [0, 0.05) is 20.2 Å². The molecule has 0 atom stereocenters. The van der Waals surface area contributed by atoms with Crippen LogP contribution in [-0.2, 0) is 4.74 Å². The monoisotopic (exact) mass is 252 g/mol. The quantitative estimate of drug-likeness (QED) is 0.792. The third kappa shape index (κ3) is 4.29. The van der Waals surface area contributed by atoms with Gasteiger partial charge in [-0.15, -0.1) is 10.2 Å². The van der Waals surface area contributed by atoms with Crippen LogP contribution in [0.3, 0.4) is 0 Å². The van der Waals surface area contributed by atoms with Crippen molar-refractivity contribution in [3.63, 3.8) is 0 Å². The summed E-state index contributed by atoms with van der Waals surface area (Å²) in [5.74, 6) is 0.405. The number of hydrogen-bond donors (Lipinski definition) is 2. The highest BCUT2D eigenvalue weighted by Gasteiger charge is 2.18. The Morgan fingerprint density at radius 3 is 2.61 bits per heavy atom. The number of carbonyl (C=O) groups is 1. The van der Waals surface area contributed by atoms with Crippen LogP contribution in [0.5, 0.6) is 0 Å². The maximum atomic E-state index is 11.8. The SMILES string of the molecule is CCNc1ccc(C(=O)NCC(C)(C)OC)nn1. The highest BCUT2D eigenvalue weighted by Crippen LogP contribution is 2.06. The van der Waals surface area contributed by atoms with Crippen molar-refractivity contribution in [1.82, 2.24) is 15.5 Å². The summed E-state index contributed by atoms with van der Waals surface area (Å²) in [5, 5.41) is 13.5. The van der Waals surface area contributed by atoms with E-state index in [1.165, 1.54) is 0 Å². The van der Waals surface area contributed by atoms with E-state index in [0.29, 0.717) is 18.1 Å². The molecule has 18 heavy (non-hydrogen) atoms. The van der Waals surface area contributed by atoms with Gasteiger partial charge in [-0.25, -0.2) is 0 Å². The number of nitrogens with one attached hydrogen (secondary N) is 2. The van der Waals surface area contributed by atoms with E-state index in [0.717, 1.165) is 6.54 Å². The number of rotatable bonds is 6. The minimum Gasteiger partial charge on any atom is -0.377 e. The van der Waals surface area contributed by atoms with Crippen molar-refractivity contribution < 1.29 is 9.53 Å². The molecular weight excluding hydrogens is 232 g/mol. The van der Waals surface area contributed by atoms with Crippen molar-refractivity contribution in [1.29, 1.82) is 0 Å². The summed E-state index contributed by atoms with van der Waals surface area (Å²) in [7, 11) is 1.61. The second-order valence-corrected chi connectivity index (χ2v) is 4.48. The fourth-order valence-corrected chi connectivity index (χ4v) is 1.18. The van der Waals surface area contributed by atoms with E-state index in [4.69, 9.17) is 4.74 Å². The molecule has 0 aromatic carbocycles. The average Bonchev–Trinajstić information content (AvgIpc) is 2.37. The highest BCUT2D eigenvalue weighted by molar-refractivity contribution is 5.92. The standard InChI is InChI=1S/C12H20N4O2/c1-5-13-10-7-6-9(15-16-10)11(17)14-8-12(2,3)18-4/h6-7H,5,8H2,1-4H3,(H,13,16)(H,14,17). The van der Waals surface area contributed by atoms with Gasteiger partial charge in [-0.05, 0) is 32.9 Å². The molecule has 1 rings (SSSR count). The first kappa shape index (κ1) is 14.4. The van der Waals surface area contributed by atoms with E-state index in [1.54, 1.807) is 19.2 Å². The van der Waals surface area contributed by atoms with Gasteiger partial charge in [0.25, 0.3) is 5.91 Å². The van der Waals surface area contributed by atoms with Gasteiger partial charge < -0.3 is 15.4 Å². The van der Waals surface area contributed by atoms with Gasteiger partial charge >= 0.3 is 0 Å². The normalized spacial score (nSPS) is 11.1. The molecule has 0 saturated carbocycles. The summed E-state index contributed by atoms with van der Waals surface area (Å²) in [6.45, 7) is 6.94. The van der Waals surface area contributed by atoms with Crippen LogP contribution < -0.4 is 10.6 Å². The largest absolute Gasteiger partial charge is 0.377 e. The lowest BCUT2D eigenvalue weighted by molar-refractivity contribution is 0.0228. The number of carbonyl (C=O) groups excluding carboxylic acids is 1. The van der Waals surface area contributed by atoms with Crippen LogP contribution in [0.1, 0.15) is 31.3 Å². The molecule has 0 fully saturated rings. The molecule has 6 heteroatoms. The van der Waals surface area contributed by atoms with Crippen LogP contribution >= 0.6 is 0 Å². The third-order valence-corrected chi connectivity index (χ3v) is 2.48. The molecule has 1 heterocycles. The first-order valence-corrected chi connectivity index (χ1v) is 5.89. The smallest absolute Gasteiger partial charge is 0.271 e. The highest BCUT2D eigenvalue weighted by atomic mass is 16.5. The van der Waals surface area contributed by atoms with Gasteiger partial charge in [0.2, 0.25) is 0 Å².